The molecule has 0 aromatic carbocycles. The number of anilines is 1. The lowest BCUT2D eigenvalue weighted by Gasteiger charge is -2.04. The SMILES string of the molecule is CC(C)c1cc(Cl)cc(N)n1. The molecule has 3 heteroatoms. The summed E-state index contributed by atoms with van der Waals surface area (Å²) in [6.45, 7) is 4.11. The predicted octanol–water partition coefficient (Wildman–Crippen LogP) is 2.44. The van der Waals surface area contributed by atoms with E-state index < -0.39 is 0 Å². The third kappa shape index (κ3) is 2.09. The summed E-state index contributed by atoms with van der Waals surface area (Å²) in [5.41, 5.74) is 6.44. The van der Waals surface area contributed by atoms with E-state index in [1.54, 1.807) is 6.07 Å². The molecule has 0 aliphatic heterocycles. The Balaban J connectivity index is 3.08. The molecule has 2 nitrogen and oxygen atoms in total. The summed E-state index contributed by atoms with van der Waals surface area (Å²) in [4.78, 5) is 4.13. The maximum Gasteiger partial charge on any atom is 0.125 e. The highest BCUT2D eigenvalue weighted by atomic mass is 35.5. The van der Waals surface area contributed by atoms with Crippen molar-refractivity contribution in [3.8, 4) is 0 Å². The van der Waals surface area contributed by atoms with Crippen molar-refractivity contribution < 1.29 is 0 Å². The molecular weight excluding hydrogens is 160 g/mol. The second-order valence-corrected chi connectivity index (χ2v) is 3.23. The zero-order valence-corrected chi connectivity index (χ0v) is 7.39. The number of nitrogen functional groups attached to an aromatic ring is 1. The van der Waals surface area contributed by atoms with Crippen LogP contribution in [0.3, 0.4) is 0 Å². The summed E-state index contributed by atoms with van der Waals surface area (Å²) in [5.74, 6) is 0.859. The Morgan fingerprint density at radius 2 is 2.09 bits per heavy atom. The number of nitrogens with two attached hydrogens (primary N) is 1. The van der Waals surface area contributed by atoms with E-state index >= 15 is 0 Å². The van der Waals surface area contributed by atoms with Crippen LogP contribution in [0.1, 0.15) is 25.5 Å². The molecule has 60 valence electrons. The monoisotopic (exact) mass is 170 g/mol. The minimum absolute atomic E-state index is 0.371. The van der Waals surface area contributed by atoms with Crippen LogP contribution in [0.15, 0.2) is 12.1 Å². The first-order valence-electron chi connectivity index (χ1n) is 3.52. The topological polar surface area (TPSA) is 38.9 Å². The quantitative estimate of drug-likeness (QED) is 0.703. The van der Waals surface area contributed by atoms with Crippen LogP contribution in [-0.2, 0) is 0 Å². The molecular formula is C8H11ClN2. The minimum atomic E-state index is 0.371. The van der Waals surface area contributed by atoms with Crippen LogP contribution >= 0.6 is 11.6 Å². The number of pyridine rings is 1. The molecule has 0 spiro atoms. The van der Waals surface area contributed by atoms with E-state index in [1.165, 1.54) is 0 Å². The Morgan fingerprint density at radius 1 is 1.45 bits per heavy atom. The lowest BCUT2D eigenvalue weighted by molar-refractivity contribution is 0.825. The molecule has 0 saturated carbocycles. The van der Waals surface area contributed by atoms with Gasteiger partial charge in [-0.2, -0.15) is 0 Å². The van der Waals surface area contributed by atoms with E-state index in [1.807, 2.05) is 6.07 Å². The van der Waals surface area contributed by atoms with E-state index in [9.17, 15) is 0 Å². The molecule has 0 atom stereocenters. The van der Waals surface area contributed by atoms with E-state index in [0.717, 1.165) is 5.69 Å². The lowest BCUT2D eigenvalue weighted by Crippen LogP contribution is -1.97. The normalized spacial score (nSPS) is 10.5. The van der Waals surface area contributed by atoms with Crippen molar-refractivity contribution in [1.29, 1.82) is 0 Å². The van der Waals surface area contributed by atoms with Gasteiger partial charge in [0.05, 0.1) is 0 Å². The van der Waals surface area contributed by atoms with Gasteiger partial charge < -0.3 is 5.73 Å². The number of halogens is 1. The number of aromatic nitrogens is 1. The number of nitrogens with zero attached hydrogens (tertiary/aromatic N) is 1. The van der Waals surface area contributed by atoms with Gasteiger partial charge in [-0.3, -0.25) is 0 Å². The van der Waals surface area contributed by atoms with Crippen LogP contribution < -0.4 is 5.73 Å². The van der Waals surface area contributed by atoms with Crippen LogP contribution in [0.25, 0.3) is 0 Å². The van der Waals surface area contributed by atoms with Gasteiger partial charge in [-0.15, -0.1) is 0 Å². The van der Waals surface area contributed by atoms with Crippen molar-refractivity contribution in [3.05, 3.63) is 22.8 Å². The lowest BCUT2D eigenvalue weighted by atomic mass is 10.1. The van der Waals surface area contributed by atoms with Crippen molar-refractivity contribution in [1.82, 2.24) is 4.98 Å². The molecule has 2 N–H and O–H groups in total. The van der Waals surface area contributed by atoms with Gasteiger partial charge >= 0.3 is 0 Å². The van der Waals surface area contributed by atoms with Crippen LogP contribution in [0.2, 0.25) is 5.02 Å². The molecule has 1 rings (SSSR count). The molecule has 1 aromatic heterocycles. The molecule has 0 fully saturated rings. The van der Waals surface area contributed by atoms with Crippen molar-refractivity contribution >= 4 is 17.4 Å². The first kappa shape index (κ1) is 8.34. The Morgan fingerprint density at radius 3 is 2.55 bits per heavy atom. The summed E-state index contributed by atoms with van der Waals surface area (Å²) in [7, 11) is 0. The van der Waals surface area contributed by atoms with Gasteiger partial charge in [0.25, 0.3) is 0 Å². The van der Waals surface area contributed by atoms with Crippen LogP contribution in [0, 0.1) is 0 Å². The number of hydrogen-bond acceptors (Lipinski definition) is 2. The maximum atomic E-state index is 5.77. The Bertz CT molecular complexity index is 238. The second-order valence-electron chi connectivity index (χ2n) is 2.79. The average molecular weight is 171 g/mol. The van der Waals surface area contributed by atoms with Crippen molar-refractivity contribution in [2.24, 2.45) is 0 Å². The van der Waals surface area contributed by atoms with Gasteiger partial charge in [-0.1, -0.05) is 25.4 Å². The Hall–Kier alpha value is -0.760. The molecule has 0 unspecified atom stereocenters. The molecule has 0 amide bonds. The molecule has 1 aromatic rings. The van der Waals surface area contributed by atoms with E-state index in [2.05, 4.69) is 18.8 Å². The second kappa shape index (κ2) is 3.09. The molecule has 0 radical (unpaired) electrons. The molecule has 11 heavy (non-hydrogen) atoms. The third-order valence-corrected chi connectivity index (χ3v) is 1.64. The maximum absolute atomic E-state index is 5.77. The summed E-state index contributed by atoms with van der Waals surface area (Å²) >= 11 is 5.77. The van der Waals surface area contributed by atoms with Gasteiger partial charge in [-0.25, -0.2) is 4.98 Å². The van der Waals surface area contributed by atoms with Gasteiger partial charge in [-0.05, 0) is 18.1 Å². The van der Waals surface area contributed by atoms with Gasteiger partial charge in [0.1, 0.15) is 5.82 Å². The molecule has 0 aliphatic rings. The minimum Gasteiger partial charge on any atom is -0.384 e. The van der Waals surface area contributed by atoms with Crippen molar-refractivity contribution in [3.63, 3.8) is 0 Å². The average Bonchev–Trinajstić information content (AvgIpc) is 1.85. The standard InChI is InChI=1S/C8H11ClN2/c1-5(2)7-3-6(9)4-8(10)11-7/h3-5H,1-2H3,(H2,10,11). The van der Waals surface area contributed by atoms with E-state index in [-0.39, 0.29) is 0 Å². The van der Waals surface area contributed by atoms with Crippen molar-refractivity contribution in [2.75, 3.05) is 5.73 Å². The van der Waals surface area contributed by atoms with E-state index in [0.29, 0.717) is 16.8 Å². The Labute approximate surface area is 71.4 Å². The van der Waals surface area contributed by atoms with E-state index in [4.69, 9.17) is 17.3 Å². The van der Waals surface area contributed by atoms with Gasteiger partial charge in [0.15, 0.2) is 0 Å². The van der Waals surface area contributed by atoms with Crippen LogP contribution in [-0.4, -0.2) is 4.98 Å². The summed E-state index contributed by atoms with van der Waals surface area (Å²) in [6, 6.07) is 3.48. The van der Waals surface area contributed by atoms with Crippen molar-refractivity contribution in [2.45, 2.75) is 19.8 Å². The van der Waals surface area contributed by atoms with Crippen LogP contribution in [0.5, 0.6) is 0 Å². The summed E-state index contributed by atoms with van der Waals surface area (Å²) in [5, 5.41) is 0.654. The highest BCUT2D eigenvalue weighted by Gasteiger charge is 2.02. The fraction of sp³-hybridized carbons (Fsp3) is 0.375. The zero-order valence-electron chi connectivity index (χ0n) is 6.63. The number of hydrogen-bond donors (Lipinski definition) is 1. The molecule has 0 bridgehead atoms. The summed E-state index contributed by atoms with van der Waals surface area (Å²) in [6.07, 6.45) is 0. The summed E-state index contributed by atoms with van der Waals surface area (Å²) < 4.78 is 0. The zero-order chi connectivity index (χ0) is 8.43. The Kier molecular flexibility index (Phi) is 2.35. The fourth-order valence-electron chi connectivity index (χ4n) is 0.834. The van der Waals surface area contributed by atoms with Gasteiger partial charge in [0, 0.05) is 10.7 Å². The third-order valence-electron chi connectivity index (χ3n) is 1.42. The number of rotatable bonds is 1. The highest BCUT2D eigenvalue weighted by Crippen LogP contribution is 2.18. The molecule has 0 aliphatic carbocycles. The molecule has 1 heterocycles. The first-order valence-corrected chi connectivity index (χ1v) is 3.90. The first-order chi connectivity index (χ1) is 5.09. The largest absolute Gasteiger partial charge is 0.384 e. The molecule has 0 saturated heterocycles. The van der Waals surface area contributed by atoms with Crippen LogP contribution in [0.4, 0.5) is 5.82 Å². The predicted molar refractivity (Wildman–Crippen MR) is 47.7 cm³/mol. The smallest absolute Gasteiger partial charge is 0.125 e. The highest BCUT2D eigenvalue weighted by molar-refractivity contribution is 6.30. The fourth-order valence-corrected chi connectivity index (χ4v) is 1.06. The van der Waals surface area contributed by atoms with Gasteiger partial charge in [0.2, 0.25) is 0 Å².